The molecule has 2 saturated heterocycles. The third-order valence-corrected chi connectivity index (χ3v) is 35.6. The van der Waals surface area contributed by atoms with Gasteiger partial charge in [0.25, 0.3) is 0 Å². The van der Waals surface area contributed by atoms with Gasteiger partial charge in [-0.05, 0) is 25.2 Å². The van der Waals surface area contributed by atoms with Crippen LogP contribution in [0.5, 0.6) is 0 Å². The molecule has 0 aromatic rings. The summed E-state index contributed by atoms with van der Waals surface area (Å²) in [5.41, 5.74) is 0. The van der Waals surface area contributed by atoms with Crippen LogP contribution in [0.4, 0.5) is 0 Å². The van der Waals surface area contributed by atoms with Crippen LogP contribution in [-0.2, 0) is 26.0 Å². The fourth-order valence-electron chi connectivity index (χ4n) is 2.03. The van der Waals surface area contributed by atoms with Crippen LogP contribution in [0.15, 0.2) is 0 Å². The molecule has 6 nitrogen and oxygen atoms in total. The molecule has 0 amide bonds. The van der Waals surface area contributed by atoms with Crippen LogP contribution in [0.1, 0.15) is 13.8 Å². The van der Waals surface area contributed by atoms with Gasteiger partial charge in [-0.3, -0.25) is 0 Å². The first-order valence-electron chi connectivity index (χ1n) is 6.29. The predicted molar refractivity (Wildman–Crippen MR) is 80.8 cm³/mol. The molecule has 2 aliphatic rings. The van der Waals surface area contributed by atoms with Crippen LogP contribution in [0.2, 0.25) is 25.2 Å². The lowest BCUT2D eigenvalue weighted by Gasteiger charge is -2.18. The molecule has 0 aliphatic carbocycles. The van der Waals surface area contributed by atoms with Crippen molar-refractivity contribution in [3.05, 3.63) is 0 Å². The van der Waals surface area contributed by atoms with E-state index < -0.39 is 48.8 Å². The van der Waals surface area contributed by atoms with Gasteiger partial charge in [0.05, 0.1) is 0 Å². The van der Waals surface area contributed by atoms with Gasteiger partial charge in [0.2, 0.25) is 34.2 Å². The standard InChI is InChI=1S/C6H20O6P2Si4/c1-5-17-11-14(8,12-18(17)6-2)13(7)9-15(3)16(4)10-13/h15-18H,5-6H2,1-4H3. The molecular formula is C6H20O6P2Si4. The fraction of sp³-hybridized carbons (Fsp3) is 1.00. The zero-order valence-electron chi connectivity index (χ0n) is 11.1. The van der Waals surface area contributed by atoms with Crippen LogP contribution in [0, 0.1) is 0 Å². The summed E-state index contributed by atoms with van der Waals surface area (Å²) in [7, 11) is -13.6. The van der Waals surface area contributed by atoms with Gasteiger partial charge in [-0.15, -0.1) is 0 Å². The Balaban J connectivity index is 2.24. The van der Waals surface area contributed by atoms with Crippen molar-refractivity contribution in [3.63, 3.8) is 0 Å². The minimum absolute atomic E-state index is 0.870. The third kappa shape index (κ3) is 2.52. The van der Waals surface area contributed by atoms with Crippen LogP contribution in [-0.4, -0.2) is 34.2 Å². The van der Waals surface area contributed by atoms with Crippen LogP contribution in [0.25, 0.3) is 0 Å². The van der Waals surface area contributed by atoms with E-state index in [2.05, 4.69) is 0 Å². The Morgan fingerprint density at radius 2 is 1.11 bits per heavy atom. The molecule has 4 atom stereocenters. The highest BCUT2D eigenvalue weighted by atomic mass is 32.1. The predicted octanol–water partition coefficient (Wildman–Crippen LogP) is 1.73. The molecule has 0 radical (unpaired) electrons. The molecule has 0 saturated carbocycles. The Morgan fingerprint density at radius 3 is 1.44 bits per heavy atom. The maximum absolute atomic E-state index is 12.7. The van der Waals surface area contributed by atoms with Gasteiger partial charge in [-0.1, -0.05) is 13.8 Å². The molecule has 0 aromatic carbocycles. The average Bonchev–Trinajstić information content (AvgIpc) is 2.79. The van der Waals surface area contributed by atoms with Crippen LogP contribution in [0.3, 0.4) is 0 Å². The second-order valence-electron chi connectivity index (χ2n) is 4.66. The second-order valence-corrected chi connectivity index (χ2v) is 29.6. The summed E-state index contributed by atoms with van der Waals surface area (Å²) in [6, 6.07) is 1.74. The van der Waals surface area contributed by atoms with E-state index in [0.717, 1.165) is 12.1 Å². The molecular weight excluding hydrogens is 342 g/mol. The molecule has 4 unspecified atom stereocenters. The zero-order chi connectivity index (χ0) is 13.6. The largest absolute Gasteiger partial charge is 0.419 e. The van der Waals surface area contributed by atoms with Crippen molar-refractivity contribution in [2.24, 2.45) is 0 Å². The number of hydrogen-bond donors (Lipinski definition) is 0. The lowest BCUT2D eigenvalue weighted by Crippen LogP contribution is -2.30. The highest BCUT2D eigenvalue weighted by Gasteiger charge is 2.62. The van der Waals surface area contributed by atoms with E-state index in [9.17, 15) is 9.13 Å². The van der Waals surface area contributed by atoms with Crippen molar-refractivity contribution in [1.82, 2.24) is 0 Å². The summed E-state index contributed by atoms with van der Waals surface area (Å²) in [6.07, 6.45) is 0. The maximum Gasteiger partial charge on any atom is 0.419 e. The molecule has 0 bridgehead atoms. The SMILES string of the molecule is CC[SiH]1OP(=O)(P2(=O)O[SiH](C)[SiH](C)O2)O[SiH]1CC. The first kappa shape index (κ1) is 15.6. The number of hydrogen-bond acceptors (Lipinski definition) is 6. The summed E-state index contributed by atoms with van der Waals surface area (Å²) in [4.78, 5) is 0. The first-order valence-corrected chi connectivity index (χ1v) is 21.2. The van der Waals surface area contributed by atoms with E-state index in [4.69, 9.17) is 16.9 Å². The average molecular weight is 363 g/mol. The van der Waals surface area contributed by atoms with E-state index in [1.165, 1.54) is 0 Å². The third-order valence-electron chi connectivity index (χ3n) is 3.32. The van der Waals surface area contributed by atoms with E-state index in [1.54, 1.807) is 0 Å². The van der Waals surface area contributed by atoms with Crippen LogP contribution >= 0.6 is 14.6 Å². The van der Waals surface area contributed by atoms with Gasteiger partial charge in [-0.2, -0.15) is 0 Å². The minimum atomic E-state index is -3.65. The van der Waals surface area contributed by atoms with E-state index in [0.29, 0.717) is 0 Å². The summed E-state index contributed by atoms with van der Waals surface area (Å²) >= 11 is 0. The second kappa shape index (κ2) is 5.51. The zero-order valence-corrected chi connectivity index (χ0v) is 17.5. The Hall–Kier alpha value is 1.17. The Bertz CT molecular complexity index is 391. The summed E-state index contributed by atoms with van der Waals surface area (Å²) < 4.78 is 47.7. The number of rotatable bonds is 3. The molecule has 0 spiro atoms. The minimum Gasteiger partial charge on any atom is -0.348 e. The molecule has 106 valence electrons. The highest BCUT2D eigenvalue weighted by molar-refractivity contribution is 8.30. The summed E-state index contributed by atoms with van der Waals surface area (Å²) in [5, 5.41) is 0. The monoisotopic (exact) mass is 362 g/mol. The van der Waals surface area contributed by atoms with Gasteiger partial charge in [0, 0.05) is 0 Å². The molecule has 2 rings (SSSR count). The van der Waals surface area contributed by atoms with Crippen molar-refractivity contribution in [1.29, 1.82) is 0 Å². The fourth-order valence-corrected chi connectivity index (χ4v) is 43.1. The summed E-state index contributed by atoms with van der Waals surface area (Å²) in [5.74, 6) is 0. The lowest BCUT2D eigenvalue weighted by molar-refractivity contribution is 0.392. The summed E-state index contributed by atoms with van der Waals surface area (Å²) in [6.45, 7) is 7.93. The van der Waals surface area contributed by atoms with Crippen molar-refractivity contribution >= 4 is 48.8 Å². The first-order chi connectivity index (χ1) is 8.35. The van der Waals surface area contributed by atoms with E-state index >= 15 is 0 Å². The normalized spacial score (nSPS) is 52.9. The molecule has 0 aromatic heterocycles. The lowest BCUT2D eigenvalue weighted by atomic mass is 11.0. The van der Waals surface area contributed by atoms with Crippen LogP contribution < -0.4 is 0 Å². The van der Waals surface area contributed by atoms with Gasteiger partial charge < -0.3 is 16.9 Å². The van der Waals surface area contributed by atoms with E-state index in [-0.39, 0.29) is 0 Å². The molecule has 2 heterocycles. The molecule has 2 aliphatic heterocycles. The van der Waals surface area contributed by atoms with Crippen molar-refractivity contribution in [3.8, 4) is 0 Å². The Morgan fingerprint density at radius 1 is 0.778 bits per heavy atom. The quantitative estimate of drug-likeness (QED) is 0.562. The Kier molecular flexibility index (Phi) is 4.76. The highest BCUT2D eigenvalue weighted by Crippen LogP contribution is 2.87. The molecule has 2 fully saturated rings. The van der Waals surface area contributed by atoms with Crippen molar-refractivity contribution < 1.29 is 26.0 Å². The van der Waals surface area contributed by atoms with Crippen molar-refractivity contribution in [2.45, 2.75) is 39.0 Å². The van der Waals surface area contributed by atoms with Crippen molar-refractivity contribution in [2.75, 3.05) is 0 Å². The maximum atomic E-state index is 12.7. The molecule has 12 heteroatoms. The van der Waals surface area contributed by atoms with Gasteiger partial charge in [-0.25, -0.2) is 9.13 Å². The van der Waals surface area contributed by atoms with E-state index in [1.807, 2.05) is 26.9 Å². The van der Waals surface area contributed by atoms with Gasteiger partial charge in [0.1, 0.15) is 0 Å². The smallest absolute Gasteiger partial charge is 0.348 e. The van der Waals surface area contributed by atoms with Gasteiger partial charge in [0.15, 0.2) is 0 Å². The topological polar surface area (TPSA) is 71.1 Å². The Labute approximate surface area is 114 Å². The van der Waals surface area contributed by atoms with Gasteiger partial charge >= 0.3 is 14.6 Å². The molecule has 18 heavy (non-hydrogen) atoms. The molecule has 0 N–H and O–H groups in total.